The molecule has 1 heterocycles. The van der Waals surface area contributed by atoms with Crippen molar-refractivity contribution in [2.24, 2.45) is 0 Å². The van der Waals surface area contributed by atoms with Gasteiger partial charge in [0.15, 0.2) is 0 Å². The summed E-state index contributed by atoms with van der Waals surface area (Å²) in [7, 11) is 0. The van der Waals surface area contributed by atoms with Gasteiger partial charge in [-0.2, -0.15) is 5.26 Å². The molecule has 0 unspecified atom stereocenters. The number of amides is 1. The van der Waals surface area contributed by atoms with Crippen LogP contribution in [0.15, 0.2) is 42.5 Å². The standard InChI is InChI=1S/C17H15N3O/c1-11(13-4-2-12(10-18)3-5-13)19-15-6-7-16-14(8-15)9-17(21)20-16/h2-8,11,19H,9H2,1H3,(H,20,21)/t11-/m1/s1. The van der Waals surface area contributed by atoms with Gasteiger partial charge >= 0.3 is 0 Å². The van der Waals surface area contributed by atoms with E-state index in [1.165, 1.54) is 0 Å². The van der Waals surface area contributed by atoms with E-state index in [9.17, 15) is 4.79 Å². The number of carbonyl (C=O) groups is 1. The summed E-state index contributed by atoms with van der Waals surface area (Å²) in [4.78, 5) is 11.4. The van der Waals surface area contributed by atoms with Crippen LogP contribution in [0.4, 0.5) is 11.4 Å². The summed E-state index contributed by atoms with van der Waals surface area (Å²) in [5, 5.41) is 15.1. The molecule has 1 amide bonds. The van der Waals surface area contributed by atoms with E-state index in [0.29, 0.717) is 12.0 Å². The van der Waals surface area contributed by atoms with E-state index in [0.717, 1.165) is 22.5 Å². The summed E-state index contributed by atoms with van der Waals surface area (Å²) < 4.78 is 0. The molecule has 2 N–H and O–H groups in total. The van der Waals surface area contributed by atoms with Crippen molar-refractivity contribution >= 4 is 17.3 Å². The van der Waals surface area contributed by atoms with Crippen molar-refractivity contribution in [3.05, 3.63) is 59.2 Å². The Morgan fingerprint density at radius 3 is 2.71 bits per heavy atom. The highest BCUT2D eigenvalue weighted by atomic mass is 16.1. The molecular formula is C17H15N3O. The number of anilines is 2. The maximum atomic E-state index is 11.4. The van der Waals surface area contributed by atoms with E-state index in [1.807, 2.05) is 42.5 Å². The predicted molar refractivity (Wildman–Crippen MR) is 82.0 cm³/mol. The quantitative estimate of drug-likeness (QED) is 0.905. The molecule has 3 rings (SSSR count). The number of nitrogens with one attached hydrogen (secondary N) is 2. The highest BCUT2D eigenvalue weighted by molar-refractivity contribution is 5.99. The molecular weight excluding hydrogens is 262 g/mol. The minimum Gasteiger partial charge on any atom is -0.379 e. The fourth-order valence-electron chi connectivity index (χ4n) is 2.50. The Kier molecular flexibility index (Phi) is 3.33. The fraction of sp³-hybridized carbons (Fsp3) is 0.176. The largest absolute Gasteiger partial charge is 0.379 e. The van der Waals surface area contributed by atoms with Gasteiger partial charge in [0.05, 0.1) is 18.1 Å². The molecule has 0 bridgehead atoms. The third-order valence-corrected chi connectivity index (χ3v) is 3.65. The first-order valence-corrected chi connectivity index (χ1v) is 6.85. The third kappa shape index (κ3) is 2.72. The number of nitrogens with zero attached hydrogens (tertiary/aromatic N) is 1. The van der Waals surface area contributed by atoms with E-state index >= 15 is 0 Å². The lowest BCUT2D eigenvalue weighted by Crippen LogP contribution is -2.06. The lowest BCUT2D eigenvalue weighted by atomic mass is 10.1. The Bertz CT molecular complexity index is 729. The van der Waals surface area contributed by atoms with E-state index < -0.39 is 0 Å². The van der Waals surface area contributed by atoms with Crippen molar-refractivity contribution in [2.75, 3.05) is 10.6 Å². The van der Waals surface area contributed by atoms with Gasteiger partial charge in [0.1, 0.15) is 0 Å². The number of carbonyl (C=O) groups excluding carboxylic acids is 1. The molecule has 4 nitrogen and oxygen atoms in total. The Hall–Kier alpha value is -2.80. The van der Waals surface area contributed by atoms with Gasteiger partial charge in [0, 0.05) is 17.4 Å². The zero-order valence-corrected chi connectivity index (χ0v) is 11.7. The van der Waals surface area contributed by atoms with Crippen LogP contribution in [-0.4, -0.2) is 5.91 Å². The summed E-state index contributed by atoms with van der Waals surface area (Å²) in [6.45, 7) is 2.07. The SMILES string of the molecule is C[C@@H](Nc1ccc2c(c1)CC(=O)N2)c1ccc(C#N)cc1. The molecule has 0 saturated carbocycles. The predicted octanol–water partition coefficient (Wildman–Crippen LogP) is 3.23. The van der Waals surface area contributed by atoms with E-state index in [4.69, 9.17) is 5.26 Å². The highest BCUT2D eigenvalue weighted by Crippen LogP contribution is 2.28. The average Bonchev–Trinajstić information content (AvgIpc) is 2.86. The molecule has 0 saturated heterocycles. The van der Waals surface area contributed by atoms with Crippen molar-refractivity contribution in [1.82, 2.24) is 0 Å². The molecule has 1 aliphatic heterocycles. The van der Waals surface area contributed by atoms with Crippen LogP contribution in [0.25, 0.3) is 0 Å². The molecule has 4 heteroatoms. The van der Waals surface area contributed by atoms with Crippen molar-refractivity contribution in [2.45, 2.75) is 19.4 Å². The van der Waals surface area contributed by atoms with Gasteiger partial charge in [-0.05, 0) is 48.4 Å². The lowest BCUT2D eigenvalue weighted by molar-refractivity contribution is -0.115. The number of hydrogen-bond acceptors (Lipinski definition) is 3. The summed E-state index contributed by atoms with van der Waals surface area (Å²) in [5.74, 6) is 0.0438. The van der Waals surface area contributed by atoms with Crippen molar-refractivity contribution in [3.8, 4) is 6.07 Å². The lowest BCUT2D eigenvalue weighted by Gasteiger charge is -2.16. The Labute approximate surface area is 123 Å². The van der Waals surface area contributed by atoms with E-state index in [-0.39, 0.29) is 11.9 Å². The minimum absolute atomic E-state index is 0.0438. The Morgan fingerprint density at radius 1 is 1.24 bits per heavy atom. The van der Waals surface area contributed by atoms with Gasteiger partial charge < -0.3 is 10.6 Å². The molecule has 104 valence electrons. The summed E-state index contributed by atoms with van der Waals surface area (Å²) in [6, 6.07) is 15.7. The van der Waals surface area contributed by atoms with Crippen LogP contribution in [0.2, 0.25) is 0 Å². The van der Waals surface area contributed by atoms with Gasteiger partial charge in [-0.25, -0.2) is 0 Å². The average molecular weight is 277 g/mol. The normalized spacial score (nSPS) is 14.0. The maximum absolute atomic E-state index is 11.4. The van der Waals surface area contributed by atoms with Crippen LogP contribution < -0.4 is 10.6 Å². The van der Waals surface area contributed by atoms with Crippen LogP contribution in [0.3, 0.4) is 0 Å². The van der Waals surface area contributed by atoms with Crippen LogP contribution in [0.1, 0.15) is 29.7 Å². The number of fused-ring (bicyclic) bond motifs is 1. The molecule has 0 fully saturated rings. The zero-order valence-electron chi connectivity index (χ0n) is 11.7. The van der Waals surface area contributed by atoms with Gasteiger partial charge in [-0.15, -0.1) is 0 Å². The molecule has 1 atom stereocenters. The molecule has 2 aromatic rings. The second-order valence-corrected chi connectivity index (χ2v) is 5.20. The summed E-state index contributed by atoms with van der Waals surface area (Å²) in [5.41, 5.74) is 4.69. The first-order valence-electron chi connectivity index (χ1n) is 6.85. The Balaban J connectivity index is 1.75. The van der Waals surface area contributed by atoms with Gasteiger partial charge in [-0.3, -0.25) is 4.79 Å². The smallest absolute Gasteiger partial charge is 0.228 e. The molecule has 0 aliphatic carbocycles. The first-order chi connectivity index (χ1) is 10.2. The second kappa shape index (κ2) is 5.29. The topological polar surface area (TPSA) is 64.9 Å². The first kappa shape index (κ1) is 13.2. The molecule has 0 aromatic heterocycles. The minimum atomic E-state index is 0.0438. The fourth-order valence-corrected chi connectivity index (χ4v) is 2.50. The van der Waals surface area contributed by atoms with E-state index in [1.54, 1.807) is 0 Å². The zero-order chi connectivity index (χ0) is 14.8. The third-order valence-electron chi connectivity index (χ3n) is 3.65. The van der Waals surface area contributed by atoms with Crippen LogP contribution >= 0.6 is 0 Å². The molecule has 0 spiro atoms. The Morgan fingerprint density at radius 2 is 2.00 bits per heavy atom. The molecule has 2 aromatic carbocycles. The molecule has 21 heavy (non-hydrogen) atoms. The van der Waals surface area contributed by atoms with Crippen LogP contribution in [-0.2, 0) is 11.2 Å². The van der Waals surface area contributed by atoms with Crippen molar-refractivity contribution < 1.29 is 4.79 Å². The van der Waals surface area contributed by atoms with E-state index in [2.05, 4.69) is 23.6 Å². The number of rotatable bonds is 3. The van der Waals surface area contributed by atoms with Gasteiger partial charge in [0.25, 0.3) is 0 Å². The van der Waals surface area contributed by atoms with Crippen molar-refractivity contribution in [1.29, 1.82) is 5.26 Å². The summed E-state index contributed by atoms with van der Waals surface area (Å²) in [6.07, 6.45) is 0.441. The number of nitriles is 1. The number of hydrogen-bond donors (Lipinski definition) is 2. The second-order valence-electron chi connectivity index (χ2n) is 5.20. The van der Waals surface area contributed by atoms with Gasteiger partial charge in [-0.1, -0.05) is 12.1 Å². The molecule has 0 radical (unpaired) electrons. The maximum Gasteiger partial charge on any atom is 0.228 e. The van der Waals surface area contributed by atoms with Crippen molar-refractivity contribution in [3.63, 3.8) is 0 Å². The monoisotopic (exact) mass is 277 g/mol. The number of benzene rings is 2. The molecule has 1 aliphatic rings. The summed E-state index contributed by atoms with van der Waals surface area (Å²) >= 11 is 0. The van der Waals surface area contributed by atoms with Crippen LogP contribution in [0, 0.1) is 11.3 Å². The highest BCUT2D eigenvalue weighted by Gasteiger charge is 2.17. The van der Waals surface area contributed by atoms with Gasteiger partial charge in [0.2, 0.25) is 5.91 Å². The van der Waals surface area contributed by atoms with Crippen LogP contribution in [0.5, 0.6) is 0 Å².